The molecule has 0 aliphatic rings. The molecule has 6 nitrogen and oxygen atoms in total. The molecule has 0 saturated carbocycles. The average Bonchev–Trinajstić information content (AvgIpc) is 3.24. The summed E-state index contributed by atoms with van der Waals surface area (Å²) in [6.07, 6.45) is 1.56. The van der Waals surface area contributed by atoms with Crippen LogP contribution in [0.1, 0.15) is 21.7 Å². The van der Waals surface area contributed by atoms with E-state index in [4.69, 9.17) is 16.0 Å². The van der Waals surface area contributed by atoms with Crippen molar-refractivity contribution in [1.29, 1.82) is 0 Å². The van der Waals surface area contributed by atoms with Crippen LogP contribution in [0.25, 0.3) is 0 Å². The fourth-order valence-corrected chi connectivity index (χ4v) is 2.71. The van der Waals surface area contributed by atoms with Crippen LogP contribution in [0.2, 0.25) is 5.02 Å². The lowest BCUT2D eigenvalue weighted by atomic mass is 10.2. The molecular weight excluding hydrogens is 378 g/mol. The predicted octanol–water partition coefficient (Wildman–Crippen LogP) is 3.59. The average molecular weight is 398 g/mol. The highest BCUT2D eigenvalue weighted by Crippen LogP contribution is 2.14. The second-order valence-corrected chi connectivity index (χ2v) is 6.47. The molecule has 1 heterocycles. The Morgan fingerprint density at radius 1 is 0.893 bits per heavy atom. The number of anilines is 1. The van der Waals surface area contributed by atoms with E-state index in [0.717, 1.165) is 11.3 Å². The number of hydrogen-bond donors (Lipinski definition) is 3. The number of amides is 2. The van der Waals surface area contributed by atoms with Gasteiger partial charge in [-0.25, -0.2) is 0 Å². The standard InChI is InChI=1S/C21H20ClN3O3/c22-19-6-2-1-4-16(19)12-24-20(26)14-23-17-9-7-15(8-10-17)21(27)25-13-18-5-3-11-28-18/h1-11,23H,12-14H2,(H,24,26)(H,25,27). The van der Waals surface area contributed by atoms with Gasteiger partial charge >= 0.3 is 0 Å². The number of halogens is 1. The Bertz CT molecular complexity index is 924. The quantitative estimate of drug-likeness (QED) is 0.542. The summed E-state index contributed by atoms with van der Waals surface area (Å²) in [5, 5.41) is 9.24. The first kappa shape index (κ1) is 19.5. The third-order valence-corrected chi connectivity index (χ3v) is 4.41. The third kappa shape index (κ3) is 5.62. The number of carbonyl (C=O) groups excluding carboxylic acids is 2. The van der Waals surface area contributed by atoms with Crippen LogP contribution in [0.3, 0.4) is 0 Å². The van der Waals surface area contributed by atoms with E-state index in [1.54, 1.807) is 48.7 Å². The zero-order chi connectivity index (χ0) is 19.8. The van der Waals surface area contributed by atoms with Crippen LogP contribution in [-0.4, -0.2) is 18.4 Å². The topological polar surface area (TPSA) is 83.4 Å². The molecule has 1 aromatic heterocycles. The highest BCUT2D eigenvalue weighted by atomic mass is 35.5. The molecule has 2 aromatic carbocycles. The van der Waals surface area contributed by atoms with E-state index in [9.17, 15) is 9.59 Å². The minimum absolute atomic E-state index is 0.120. The SMILES string of the molecule is O=C(CNc1ccc(C(=O)NCc2ccco2)cc1)NCc1ccccc1Cl. The van der Waals surface area contributed by atoms with Crippen molar-refractivity contribution in [1.82, 2.24) is 10.6 Å². The van der Waals surface area contributed by atoms with Crippen molar-refractivity contribution < 1.29 is 14.0 Å². The Morgan fingerprint density at radius 3 is 2.39 bits per heavy atom. The van der Waals surface area contributed by atoms with Crippen molar-refractivity contribution >= 4 is 29.1 Å². The van der Waals surface area contributed by atoms with Gasteiger partial charge < -0.3 is 20.4 Å². The van der Waals surface area contributed by atoms with E-state index < -0.39 is 0 Å². The van der Waals surface area contributed by atoms with Crippen LogP contribution in [0, 0.1) is 0 Å². The zero-order valence-electron chi connectivity index (χ0n) is 15.1. The van der Waals surface area contributed by atoms with Crippen LogP contribution < -0.4 is 16.0 Å². The minimum atomic E-state index is -0.194. The first-order valence-corrected chi connectivity index (χ1v) is 9.14. The van der Waals surface area contributed by atoms with Crippen molar-refractivity contribution in [2.45, 2.75) is 13.1 Å². The fraction of sp³-hybridized carbons (Fsp3) is 0.143. The predicted molar refractivity (Wildman–Crippen MR) is 108 cm³/mol. The lowest BCUT2D eigenvalue weighted by molar-refractivity contribution is -0.119. The van der Waals surface area contributed by atoms with Gasteiger partial charge in [-0.05, 0) is 48.0 Å². The van der Waals surface area contributed by atoms with Gasteiger partial charge in [-0.3, -0.25) is 9.59 Å². The Hall–Kier alpha value is -3.25. The summed E-state index contributed by atoms with van der Waals surface area (Å²) < 4.78 is 5.18. The third-order valence-electron chi connectivity index (χ3n) is 4.04. The molecule has 0 bridgehead atoms. The van der Waals surface area contributed by atoms with Gasteiger partial charge in [0.1, 0.15) is 5.76 Å². The molecule has 0 spiro atoms. The molecule has 0 saturated heterocycles. The Kier molecular flexibility index (Phi) is 6.70. The molecule has 0 atom stereocenters. The summed E-state index contributed by atoms with van der Waals surface area (Å²) in [7, 11) is 0. The number of hydrogen-bond acceptors (Lipinski definition) is 4. The monoisotopic (exact) mass is 397 g/mol. The number of carbonyl (C=O) groups is 2. The summed E-state index contributed by atoms with van der Waals surface area (Å²) in [6, 6.07) is 17.8. The van der Waals surface area contributed by atoms with Crippen molar-refractivity contribution in [2.75, 3.05) is 11.9 Å². The molecule has 0 aliphatic carbocycles. The van der Waals surface area contributed by atoms with Crippen molar-refractivity contribution in [3.05, 3.63) is 88.8 Å². The largest absolute Gasteiger partial charge is 0.467 e. The zero-order valence-corrected chi connectivity index (χ0v) is 15.8. The van der Waals surface area contributed by atoms with Gasteiger partial charge in [0.15, 0.2) is 0 Å². The van der Waals surface area contributed by atoms with Gasteiger partial charge in [0, 0.05) is 22.8 Å². The maximum absolute atomic E-state index is 12.1. The van der Waals surface area contributed by atoms with E-state index in [0.29, 0.717) is 29.4 Å². The molecule has 144 valence electrons. The lowest BCUT2D eigenvalue weighted by Crippen LogP contribution is -2.29. The smallest absolute Gasteiger partial charge is 0.251 e. The fourth-order valence-electron chi connectivity index (χ4n) is 2.50. The lowest BCUT2D eigenvalue weighted by Gasteiger charge is -2.09. The molecule has 3 rings (SSSR count). The van der Waals surface area contributed by atoms with Gasteiger partial charge in [0.05, 0.1) is 19.4 Å². The second kappa shape index (κ2) is 9.62. The first-order chi connectivity index (χ1) is 13.6. The normalized spacial score (nSPS) is 10.3. The summed E-state index contributed by atoms with van der Waals surface area (Å²) in [6.45, 7) is 0.820. The Labute approximate surface area is 167 Å². The minimum Gasteiger partial charge on any atom is -0.467 e. The number of rotatable bonds is 8. The first-order valence-electron chi connectivity index (χ1n) is 8.76. The second-order valence-electron chi connectivity index (χ2n) is 6.06. The molecule has 28 heavy (non-hydrogen) atoms. The molecule has 2 amide bonds. The van der Waals surface area contributed by atoms with Crippen molar-refractivity contribution in [3.8, 4) is 0 Å². The maximum atomic E-state index is 12.1. The van der Waals surface area contributed by atoms with Crippen LogP contribution in [-0.2, 0) is 17.9 Å². The maximum Gasteiger partial charge on any atom is 0.251 e. The molecule has 7 heteroatoms. The molecular formula is C21H20ClN3O3. The van der Waals surface area contributed by atoms with Crippen molar-refractivity contribution in [2.24, 2.45) is 0 Å². The molecule has 3 N–H and O–H groups in total. The van der Waals surface area contributed by atoms with E-state index in [1.165, 1.54) is 0 Å². The highest BCUT2D eigenvalue weighted by molar-refractivity contribution is 6.31. The summed E-state index contributed by atoms with van der Waals surface area (Å²) in [4.78, 5) is 24.1. The van der Waals surface area contributed by atoms with E-state index in [2.05, 4.69) is 16.0 Å². The van der Waals surface area contributed by atoms with E-state index >= 15 is 0 Å². The van der Waals surface area contributed by atoms with Crippen LogP contribution in [0.15, 0.2) is 71.3 Å². The summed E-state index contributed by atoms with van der Waals surface area (Å²) in [5.41, 5.74) is 2.14. The van der Waals surface area contributed by atoms with Crippen LogP contribution in [0.4, 0.5) is 5.69 Å². The van der Waals surface area contributed by atoms with Gasteiger partial charge in [-0.2, -0.15) is 0 Å². The van der Waals surface area contributed by atoms with Gasteiger partial charge in [0.2, 0.25) is 5.91 Å². The van der Waals surface area contributed by atoms with Crippen LogP contribution in [0.5, 0.6) is 0 Å². The molecule has 3 aromatic rings. The summed E-state index contributed by atoms with van der Waals surface area (Å²) in [5.74, 6) is 0.343. The Balaban J connectivity index is 1.43. The Morgan fingerprint density at radius 2 is 1.68 bits per heavy atom. The summed E-state index contributed by atoms with van der Waals surface area (Å²) >= 11 is 6.07. The van der Waals surface area contributed by atoms with Crippen molar-refractivity contribution in [3.63, 3.8) is 0 Å². The molecule has 0 unspecified atom stereocenters. The van der Waals surface area contributed by atoms with Gasteiger partial charge in [-0.1, -0.05) is 29.8 Å². The molecule has 0 fully saturated rings. The van der Waals surface area contributed by atoms with E-state index in [-0.39, 0.29) is 18.4 Å². The molecule has 0 radical (unpaired) electrons. The number of benzene rings is 2. The number of nitrogens with one attached hydrogen (secondary N) is 3. The van der Waals surface area contributed by atoms with Gasteiger partial charge in [0.25, 0.3) is 5.91 Å². The van der Waals surface area contributed by atoms with E-state index in [1.807, 2.05) is 18.2 Å². The molecule has 0 aliphatic heterocycles. The van der Waals surface area contributed by atoms with Gasteiger partial charge in [-0.15, -0.1) is 0 Å². The van der Waals surface area contributed by atoms with Crippen LogP contribution >= 0.6 is 11.6 Å². The highest BCUT2D eigenvalue weighted by Gasteiger charge is 2.07. The number of furan rings is 1.